The zero-order valence-corrected chi connectivity index (χ0v) is 13.1. The normalized spacial score (nSPS) is 12.6. The Morgan fingerprint density at radius 3 is 2.40 bits per heavy atom. The number of anilines is 1. The van der Waals surface area contributed by atoms with Crippen molar-refractivity contribution in [2.75, 3.05) is 25.2 Å². The van der Waals surface area contributed by atoms with Crippen molar-refractivity contribution in [1.82, 2.24) is 0 Å². The summed E-state index contributed by atoms with van der Waals surface area (Å²) < 4.78 is 5.45. The second-order valence-corrected chi connectivity index (χ2v) is 5.07. The van der Waals surface area contributed by atoms with Crippen LogP contribution in [0.2, 0.25) is 0 Å². The molecule has 0 aliphatic rings. The summed E-state index contributed by atoms with van der Waals surface area (Å²) in [6, 6.07) is 6.26. The van der Waals surface area contributed by atoms with Gasteiger partial charge in [-0.1, -0.05) is 19.9 Å². The van der Waals surface area contributed by atoms with Gasteiger partial charge in [-0.2, -0.15) is 0 Å². The Kier molecular flexibility index (Phi) is 6.82. The molecule has 1 aromatic rings. The van der Waals surface area contributed by atoms with E-state index in [1.807, 2.05) is 19.1 Å². The van der Waals surface area contributed by atoms with Crippen LogP contribution in [0.25, 0.3) is 0 Å². The van der Waals surface area contributed by atoms with Crippen LogP contribution in [-0.2, 0) is 0 Å². The highest BCUT2D eigenvalue weighted by Crippen LogP contribution is 2.35. The summed E-state index contributed by atoms with van der Waals surface area (Å²) in [5.41, 5.74) is 8.22. The van der Waals surface area contributed by atoms with E-state index in [-0.39, 0.29) is 12.6 Å². The molecule has 0 saturated carbocycles. The monoisotopic (exact) mass is 280 g/mol. The number of nitrogens with two attached hydrogens (primary N) is 1. The average molecular weight is 280 g/mol. The summed E-state index contributed by atoms with van der Waals surface area (Å²) in [6.07, 6.45) is 2.07. The Bertz CT molecular complexity index is 403. The van der Waals surface area contributed by atoms with Crippen LogP contribution in [0.1, 0.15) is 45.2 Å². The lowest BCUT2D eigenvalue weighted by atomic mass is 10.0. The number of hydrogen-bond donors (Lipinski definition) is 2. The first kappa shape index (κ1) is 16.8. The van der Waals surface area contributed by atoms with Gasteiger partial charge in [-0.15, -0.1) is 0 Å². The fourth-order valence-electron chi connectivity index (χ4n) is 2.76. The summed E-state index contributed by atoms with van der Waals surface area (Å²) in [4.78, 5) is 2.25. The molecule has 0 bridgehead atoms. The van der Waals surface area contributed by atoms with Crippen LogP contribution in [0.15, 0.2) is 18.2 Å². The van der Waals surface area contributed by atoms with Gasteiger partial charge in [0.1, 0.15) is 5.75 Å². The van der Waals surface area contributed by atoms with Gasteiger partial charge in [0.15, 0.2) is 0 Å². The molecule has 3 N–H and O–H groups in total. The van der Waals surface area contributed by atoms with Crippen LogP contribution in [-0.4, -0.2) is 31.4 Å². The highest BCUT2D eigenvalue weighted by atomic mass is 16.5. The number of methoxy groups -OCH3 is 1. The molecule has 1 rings (SSSR count). The van der Waals surface area contributed by atoms with Gasteiger partial charge in [0.2, 0.25) is 0 Å². The molecule has 1 aromatic carbocycles. The Hall–Kier alpha value is -1.26. The fourth-order valence-corrected chi connectivity index (χ4v) is 2.76. The zero-order valence-electron chi connectivity index (χ0n) is 13.1. The van der Waals surface area contributed by atoms with Crippen molar-refractivity contribution in [3.05, 3.63) is 23.8 Å². The Balaban J connectivity index is 3.31. The first-order valence-corrected chi connectivity index (χ1v) is 7.40. The summed E-state index contributed by atoms with van der Waals surface area (Å²) in [6.45, 7) is 7.05. The topological polar surface area (TPSA) is 58.7 Å². The van der Waals surface area contributed by atoms with E-state index in [9.17, 15) is 5.11 Å². The lowest BCUT2D eigenvalue weighted by molar-refractivity contribution is 0.295. The van der Waals surface area contributed by atoms with Gasteiger partial charge < -0.3 is 20.5 Å². The largest absolute Gasteiger partial charge is 0.496 e. The molecule has 0 saturated heterocycles. The number of aliphatic hydroxyl groups excluding tert-OH is 1. The van der Waals surface area contributed by atoms with E-state index >= 15 is 0 Å². The highest BCUT2D eigenvalue weighted by molar-refractivity contribution is 5.61. The third-order valence-electron chi connectivity index (χ3n) is 3.75. The Morgan fingerprint density at radius 1 is 1.30 bits per heavy atom. The van der Waals surface area contributed by atoms with Crippen molar-refractivity contribution < 1.29 is 9.84 Å². The zero-order chi connectivity index (χ0) is 15.1. The summed E-state index contributed by atoms with van der Waals surface area (Å²) in [7, 11) is 1.67. The van der Waals surface area contributed by atoms with Crippen LogP contribution in [0.3, 0.4) is 0 Å². The molecule has 0 fully saturated rings. The number of ether oxygens (including phenoxy) is 1. The quantitative estimate of drug-likeness (QED) is 0.768. The van der Waals surface area contributed by atoms with Crippen molar-refractivity contribution in [2.24, 2.45) is 5.73 Å². The van der Waals surface area contributed by atoms with Crippen LogP contribution in [0, 0.1) is 0 Å². The van der Waals surface area contributed by atoms with Gasteiger partial charge >= 0.3 is 0 Å². The van der Waals surface area contributed by atoms with E-state index < -0.39 is 0 Å². The molecule has 20 heavy (non-hydrogen) atoms. The van der Waals surface area contributed by atoms with E-state index in [1.165, 1.54) is 0 Å². The van der Waals surface area contributed by atoms with E-state index in [4.69, 9.17) is 10.5 Å². The first-order valence-electron chi connectivity index (χ1n) is 7.40. The predicted octanol–water partition coefficient (Wildman–Crippen LogP) is 2.70. The van der Waals surface area contributed by atoms with Crippen molar-refractivity contribution in [2.45, 2.75) is 45.7 Å². The molecule has 4 heteroatoms. The number of nitrogens with zero attached hydrogens (tertiary/aromatic N) is 1. The molecular formula is C16H28N2O2. The minimum Gasteiger partial charge on any atom is -0.496 e. The summed E-state index contributed by atoms with van der Waals surface area (Å²) >= 11 is 0. The molecule has 1 atom stereocenters. The smallest absolute Gasteiger partial charge is 0.125 e. The fraction of sp³-hybridized carbons (Fsp3) is 0.625. The SMILES string of the molecule is CCC(CC)N(CCO)c1cccc(OC)c1[C@H](C)N. The van der Waals surface area contributed by atoms with E-state index in [0.717, 1.165) is 29.8 Å². The maximum Gasteiger partial charge on any atom is 0.125 e. The number of benzene rings is 1. The van der Waals surface area contributed by atoms with Gasteiger partial charge in [0.25, 0.3) is 0 Å². The third-order valence-corrected chi connectivity index (χ3v) is 3.75. The number of aliphatic hydroxyl groups is 1. The molecule has 4 nitrogen and oxygen atoms in total. The number of hydrogen-bond acceptors (Lipinski definition) is 4. The van der Waals surface area contributed by atoms with Gasteiger partial charge in [-0.25, -0.2) is 0 Å². The standard InChI is InChI=1S/C16H28N2O2/c1-5-13(6-2)18(10-11-19)14-8-7-9-15(20-4)16(14)12(3)17/h7-9,12-13,19H,5-6,10-11,17H2,1-4H3/t12-/m0/s1. The molecule has 0 aliphatic heterocycles. The van der Waals surface area contributed by atoms with Crippen molar-refractivity contribution in [1.29, 1.82) is 0 Å². The minimum atomic E-state index is -0.114. The summed E-state index contributed by atoms with van der Waals surface area (Å²) in [5, 5.41) is 9.39. The van der Waals surface area contributed by atoms with E-state index in [1.54, 1.807) is 7.11 Å². The van der Waals surface area contributed by atoms with Gasteiger partial charge in [0.05, 0.1) is 13.7 Å². The molecule has 0 aliphatic carbocycles. The number of rotatable bonds is 8. The van der Waals surface area contributed by atoms with Gasteiger partial charge in [-0.3, -0.25) is 0 Å². The van der Waals surface area contributed by atoms with Gasteiger partial charge in [-0.05, 0) is 31.9 Å². The average Bonchev–Trinajstić information content (AvgIpc) is 2.46. The van der Waals surface area contributed by atoms with Crippen molar-refractivity contribution >= 4 is 5.69 Å². The second kappa shape index (κ2) is 8.12. The maximum absolute atomic E-state index is 9.39. The molecule has 0 amide bonds. The van der Waals surface area contributed by atoms with E-state index in [2.05, 4.69) is 24.8 Å². The molecule has 114 valence electrons. The van der Waals surface area contributed by atoms with Crippen LogP contribution >= 0.6 is 0 Å². The van der Waals surface area contributed by atoms with Crippen LogP contribution in [0.5, 0.6) is 5.75 Å². The highest BCUT2D eigenvalue weighted by Gasteiger charge is 2.22. The molecule has 0 aromatic heterocycles. The molecule has 0 radical (unpaired) electrons. The van der Waals surface area contributed by atoms with Crippen molar-refractivity contribution in [3.8, 4) is 5.75 Å². The predicted molar refractivity (Wildman–Crippen MR) is 84.4 cm³/mol. The lowest BCUT2D eigenvalue weighted by Crippen LogP contribution is -2.38. The van der Waals surface area contributed by atoms with Gasteiger partial charge in [0, 0.05) is 29.9 Å². The summed E-state index contributed by atoms with van der Waals surface area (Å²) in [5.74, 6) is 0.811. The molecule has 0 heterocycles. The van der Waals surface area contributed by atoms with E-state index in [0.29, 0.717) is 12.6 Å². The molecule has 0 unspecified atom stereocenters. The Morgan fingerprint density at radius 2 is 1.95 bits per heavy atom. The first-order chi connectivity index (χ1) is 9.60. The molecular weight excluding hydrogens is 252 g/mol. The second-order valence-electron chi connectivity index (χ2n) is 5.07. The minimum absolute atomic E-state index is 0.114. The Labute approximate surface area is 122 Å². The van der Waals surface area contributed by atoms with Crippen LogP contribution in [0.4, 0.5) is 5.69 Å². The molecule has 0 spiro atoms. The van der Waals surface area contributed by atoms with Crippen molar-refractivity contribution in [3.63, 3.8) is 0 Å². The van der Waals surface area contributed by atoms with Crippen LogP contribution < -0.4 is 15.4 Å². The third kappa shape index (κ3) is 3.64. The lowest BCUT2D eigenvalue weighted by Gasteiger charge is -2.35. The maximum atomic E-state index is 9.39.